The van der Waals surface area contributed by atoms with Crippen LogP contribution in [0.5, 0.6) is 0 Å². The van der Waals surface area contributed by atoms with E-state index in [1.165, 1.54) is 0 Å². The van der Waals surface area contributed by atoms with E-state index in [2.05, 4.69) is 24.6 Å². The molecular weight excluding hydrogens is 348 g/mol. The summed E-state index contributed by atoms with van der Waals surface area (Å²) in [6.07, 6.45) is 2.51. The van der Waals surface area contributed by atoms with Gasteiger partial charge in [-0.1, -0.05) is 0 Å². The molecule has 0 N–H and O–H groups in total. The molecule has 1 aliphatic heterocycles. The summed E-state index contributed by atoms with van der Waals surface area (Å²) >= 11 is 1.63. The van der Waals surface area contributed by atoms with Gasteiger partial charge in [0.05, 0.1) is 23.7 Å². The SMILES string of the molecule is Cc1nc(C)c(CC(=O)N2CCC[C@H](c3nnc(CN(C)C)n3C)C2)s1. The van der Waals surface area contributed by atoms with Crippen LogP contribution in [-0.4, -0.2) is 62.6 Å². The van der Waals surface area contributed by atoms with Gasteiger partial charge in [0.25, 0.3) is 0 Å². The second-order valence-electron chi connectivity index (χ2n) is 7.37. The zero-order chi connectivity index (χ0) is 18.8. The summed E-state index contributed by atoms with van der Waals surface area (Å²) in [6.45, 7) is 6.29. The molecule has 1 atom stereocenters. The van der Waals surface area contributed by atoms with Crippen molar-refractivity contribution in [3.8, 4) is 0 Å². The summed E-state index contributed by atoms with van der Waals surface area (Å²) in [5, 5.41) is 9.79. The molecule has 1 amide bonds. The van der Waals surface area contributed by atoms with Gasteiger partial charge in [-0.2, -0.15) is 0 Å². The molecule has 0 spiro atoms. The molecule has 8 heteroatoms. The van der Waals surface area contributed by atoms with Crippen LogP contribution in [0.1, 0.15) is 46.0 Å². The second kappa shape index (κ2) is 7.84. The number of hydrogen-bond acceptors (Lipinski definition) is 6. The predicted octanol–water partition coefficient (Wildman–Crippen LogP) is 1.90. The molecule has 1 fully saturated rings. The van der Waals surface area contributed by atoms with Crippen LogP contribution in [0.15, 0.2) is 0 Å². The highest BCUT2D eigenvalue weighted by Gasteiger charge is 2.28. The molecule has 1 saturated heterocycles. The van der Waals surface area contributed by atoms with Crippen LogP contribution in [0.4, 0.5) is 0 Å². The Morgan fingerprint density at radius 3 is 2.73 bits per heavy atom. The van der Waals surface area contributed by atoms with Gasteiger partial charge in [0.2, 0.25) is 5.91 Å². The summed E-state index contributed by atoms with van der Waals surface area (Å²) in [4.78, 5) is 22.4. The van der Waals surface area contributed by atoms with Gasteiger partial charge in [0.1, 0.15) is 11.6 Å². The van der Waals surface area contributed by atoms with Crippen molar-refractivity contribution in [1.82, 2.24) is 29.5 Å². The Labute approximate surface area is 159 Å². The number of aryl methyl sites for hydroxylation is 2. The van der Waals surface area contributed by atoms with E-state index in [-0.39, 0.29) is 11.8 Å². The minimum atomic E-state index is 0.192. The molecule has 0 radical (unpaired) electrons. The lowest BCUT2D eigenvalue weighted by Crippen LogP contribution is -2.40. The molecule has 1 aliphatic rings. The lowest BCUT2D eigenvalue weighted by atomic mass is 9.96. The third-order valence-corrected chi connectivity index (χ3v) is 5.98. The zero-order valence-electron chi connectivity index (χ0n) is 16.3. The largest absolute Gasteiger partial charge is 0.342 e. The van der Waals surface area contributed by atoms with Crippen molar-refractivity contribution in [2.75, 3.05) is 27.2 Å². The van der Waals surface area contributed by atoms with Gasteiger partial charge < -0.3 is 14.4 Å². The quantitative estimate of drug-likeness (QED) is 0.797. The summed E-state index contributed by atoms with van der Waals surface area (Å²) < 4.78 is 2.09. The average Bonchev–Trinajstić information content (AvgIpc) is 3.09. The lowest BCUT2D eigenvalue weighted by molar-refractivity contribution is -0.131. The maximum absolute atomic E-state index is 12.8. The minimum absolute atomic E-state index is 0.192. The fourth-order valence-electron chi connectivity index (χ4n) is 3.55. The predicted molar refractivity (Wildman–Crippen MR) is 102 cm³/mol. The Kier molecular flexibility index (Phi) is 5.72. The number of carbonyl (C=O) groups is 1. The molecule has 7 nitrogen and oxygen atoms in total. The molecule has 0 saturated carbocycles. The first-order chi connectivity index (χ1) is 12.3. The normalized spacial score (nSPS) is 17.9. The van der Waals surface area contributed by atoms with Crippen molar-refractivity contribution in [1.29, 1.82) is 0 Å². The smallest absolute Gasteiger partial charge is 0.227 e. The summed E-state index contributed by atoms with van der Waals surface area (Å²) in [6, 6.07) is 0. The topological polar surface area (TPSA) is 67.2 Å². The van der Waals surface area contributed by atoms with Crippen LogP contribution in [0.25, 0.3) is 0 Å². The number of rotatable bonds is 5. The van der Waals surface area contributed by atoms with Gasteiger partial charge in [0.15, 0.2) is 0 Å². The van der Waals surface area contributed by atoms with Crippen LogP contribution in [0, 0.1) is 13.8 Å². The number of likely N-dealkylation sites (tertiary alicyclic amines) is 1. The monoisotopic (exact) mass is 376 g/mol. The fourth-order valence-corrected chi connectivity index (χ4v) is 4.48. The zero-order valence-corrected chi connectivity index (χ0v) is 17.1. The number of piperidine rings is 1. The molecule has 0 bridgehead atoms. The number of amides is 1. The van der Waals surface area contributed by atoms with Gasteiger partial charge in [-0.3, -0.25) is 4.79 Å². The Balaban J connectivity index is 1.68. The van der Waals surface area contributed by atoms with Crippen molar-refractivity contribution in [3.63, 3.8) is 0 Å². The van der Waals surface area contributed by atoms with E-state index in [9.17, 15) is 4.79 Å². The molecule has 2 aromatic rings. The summed E-state index contributed by atoms with van der Waals surface area (Å²) in [5.41, 5.74) is 0.982. The van der Waals surface area contributed by atoms with E-state index in [0.717, 1.165) is 59.7 Å². The van der Waals surface area contributed by atoms with Gasteiger partial charge in [0, 0.05) is 30.9 Å². The van der Waals surface area contributed by atoms with Gasteiger partial charge >= 0.3 is 0 Å². The molecule has 0 unspecified atom stereocenters. The molecule has 3 rings (SSSR count). The van der Waals surface area contributed by atoms with Gasteiger partial charge in [-0.05, 0) is 40.8 Å². The van der Waals surface area contributed by atoms with Crippen molar-refractivity contribution in [2.45, 2.75) is 45.6 Å². The number of hydrogen-bond donors (Lipinski definition) is 0. The molecule has 142 valence electrons. The average molecular weight is 377 g/mol. The number of thiazole rings is 1. The van der Waals surface area contributed by atoms with Crippen molar-refractivity contribution >= 4 is 17.2 Å². The Bertz CT molecular complexity index is 781. The molecule has 0 aromatic carbocycles. The highest BCUT2D eigenvalue weighted by Crippen LogP contribution is 2.27. The third-order valence-electron chi connectivity index (χ3n) is 4.91. The minimum Gasteiger partial charge on any atom is -0.342 e. The van der Waals surface area contributed by atoms with E-state index in [4.69, 9.17) is 0 Å². The first-order valence-electron chi connectivity index (χ1n) is 9.08. The van der Waals surface area contributed by atoms with E-state index in [1.54, 1.807) is 11.3 Å². The summed E-state index contributed by atoms with van der Waals surface area (Å²) in [7, 11) is 6.08. The number of nitrogens with zero attached hydrogens (tertiary/aromatic N) is 6. The summed E-state index contributed by atoms with van der Waals surface area (Å²) in [5.74, 6) is 2.40. The molecule has 3 heterocycles. The first-order valence-corrected chi connectivity index (χ1v) is 9.90. The van der Waals surface area contributed by atoms with Crippen molar-refractivity contribution < 1.29 is 4.79 Å². The van der Waals surface area contributed by atoms with E-state index >= 15 is 0 Å². The number of carbonyl (C=O) groups excluding carboxylic acids is 1. The molecular formula is C18H28N6OS. The highest BCUT2D eigenvalue weighted by atomic mass is 32.1. The maximum Gasteiger partial charge on any atom is 0.227 e. The van der Waals surface area contributed by atoms with Crippen LogP contribution < -0.4 is 0 Å². The second-order valence-corrected chi connectivity index (χ2v) is 8.66. The lowest BCUT2D eigenvalue weighted by Gasteiger charge is -2.32. The van der Waals surface area contributed by atoms with Crippen molar-refractivity contribution in [2.24, 2.45) is 7.05 Å². The van der Waals surface area contributed by atoms with E-state index in [1.807, 2.05) is 39.9 Å². The molecule has 0 aliphatic carbocycles. The highest BCUT2D eigenvalue weighted by molar-refractivity contribution is 7.11. The van der Waals surface area contributed by atoms with E-state index < -0.39 is 0 Å². The molecule has 26 heavy (non-hydrogen) atoms. The van der Waals surface area contributed by atoms with Crippen LogP contribution >= 0.6 is 11.3 Å². The van der Waals surface area contributed by atoms with E-state index in [0.29, 0.717) is 6.42 Å². The van der Waals surface area contributed by atoms with Gasteiger partial charge in [-0.15, -0.1) is 21.5 Å². The standard InChI is InChI=1S/C18H28N6OS/c1-12-15(26-13(2)19-12)9-17(25)24-8-6-7-14(10-24)18-21-20-16(23(18)5)11-22(3)4/h14H,6-11H2,1-5H3/t14-/m0/s1. The van der Waals surface area contributed by atoms with Gasteiger partial charge in [-0.25, -0.2) is 4.98 Å². The van der Waals surface area contributed by atoms with Crippen LogP contribution in [0.3, 0.4) is 0 Å². The van der Waals surface area contributed by atoms with Crippen LogP contribution in [-0.2, 0) is 24.8 Å². The molecule has 2 aromatic heterocycles. The third kappa shape index (κ3) is 4.12. The Morgan fingerprint density at radius 1 is 1.31 bits per heavy atom. The Morgan fingerprint density at radius 2 is 2.08 bits per heavy atom. The first kappa shape index (κ1) is 19.0. The maximum atomic E-state index is 12.8. The Hall–Kier alpha value is -1.80. The number of aromatic nitrogens is 4. The van der Waals surface area contributed by atoms with Crippen molar-refractivity contribution in [3.05, 3.63) is 27.2 Å². The fraction of sp³-hybridized carbons (Fsp3) is 0.667. The van der Waals surface area contributed by atoms with Crippen LogP contribution in [0.2, 0.25) is 0 Å².